The molecule has 10 rings (SSSR count). The highest BCUT2D eigenvalue weighted by atomic mass is 32.2. The van der Waals surface area contributed by atoms with Crippen LogP contribution < -0.4 is 42.4 Å². The molecule has 4 aliphatic heterocycles. The number of halogens is 2. The van der Waals surface area contributed by atoms with E-state index < -0.39 is 125 Å². The van der Waals surface area contributed by atoms with Crippen LogP contribution in [0.25, 0.3) is 16.5 Å². The number of methoxy groups -OCH3 is 1. The van der Waals surface area contributed by atoms with Crippen LogP contribution in [0.1, 0.15) is 118 Å². The molecule has 5 heterocycles. The number of H-pyrrole nitrogens is 1. The number of hydrogen-bond donors (Lipinski definition) is 9. The van der Waals surface area contributed by atoms with Crippen molar-refractivity contribution in [3.05, 3.63) is 142 Å². The summed E-state index contributed by atoms with van der Waals surface area (Å²) in [7, 11) is 1.50. The van der Waals surface area contributed by atoms with Gasteiger partial charge in [0.2, 0.25) is 47.3 Å². The molecule has 2 bridgehead atoms. The van der Waals surface area contributed by atoms with Crippen molar-refractivity contribution in [3.63, 3.8) is 0 Å². The molecule has 1 aromatic heterocycles. The maximum absolute atomic E-state index is 15.5. The summed E-state index contributed by atoms with van der Waals surface area (Å²) < 4.78 is 35.3. The Bertz CT molecular complexity index is 3740. The second-order valence-corrected chi connectivity index (χ2v) is 27.5. The van der Waals surface area contributed by atoms with Crippen LogP contribution >= 0.6 is 23.5 Å². The summed E-state index contributed by atoms with van der Waals surface area (Å²) in [6.45, 7) is 4.57. The maximum Gasteiger partial charge on any atom is 0.303 e. The quantitative estimate of drug-likeness (QED) is 0.0716. The number of Topliss-reactive ketones (excluding diaryl/α,β-unsaturated/α-hetero) is 1. The van der Waals surface area contributed by atoms with E-state index in [1.807, 2.05) is 24.3 Å². The lowest BCUT2D eigenvalue weighted by molar-refractivity contribution is -0.146. The molecular formula is C70H84F2N10O12S2. The molecule has 0 saturated carbocycles. The number of thioether (sulfide) groups is 2. The number of nitrogens with one attached hydrogen (secondary N) is 7. The third kappa shape index (κ3) is 18.5. The Morgan fingerprint density at radius 1 is 0.698 bits per heavy atom. The maximum atomic E-state index is 15.5. The lowest BCUT2D eigenvalue weighted by Crippen LogP contribution is -2.61. The molecule has 0 unspecified atom stereocenters. The summed E-state index contributed by atoms with van der Waals surface area (Å²) >= 11 is 3.22. The number of hydrogen-bond acceptors (Lipinski definition) is 14. The number of ketones is 1. The number of allylic oxidation sites excluding steroid dienone is 1. The highest BCUT2D eigenvalue weighted by Gasteiger charge is 2.48. The van der Waals surface area contributed by atoms with Crippen molar-refractivity contribution in [1.82, 2.24) is 46.7 Å². The normalized spacial score (nSPS) is 25.3. The van der Waals surface area contributed by atoms with Crippen molar-refractivity contribution in [2.45, 2.75) is 170 Å². The van der Waals surface area contributed by atoms with Gasteiger partial charge in [0, 0.05) is 92.0 Å². The zero-order valence-electron chi connectivity index (χ0n) is 54.3. The van der Waals surface area contributed by atoms with Gasteiger partial charge in [-0.3, -0.25) is 47.9 Å². The number of nitrogens with zero attached hydrogens (tertiary/aromatic N) is 2. The van der Waals surface area contributed by atoms with Crippen molar-refractivity contribution in [3.8, 4) is 5.75 Å². The van der Waals surface area contributed by atoms with Crippen LogP contribution in [0.4, 0.5) is 8.78 Å². The number of nitrogens with two attached hydrogens (primary N) is 1. The molecule has 22 nitrogen and oxygen atoms in total. The Morgan fingerprint density at radius 2 is 1.33 bits per heavy atom. The summed E-state index contributed by atoms with van der Waals surface area (Å²) in [5, 5.41) is 26.6. The van der Waals surface area contributed by atoms with Crippen molar-refractivity contribution < 1.29 is 66.6 Å². The van der Waals surface area contributed by atoms with E-state index >= 15 is 23.6 Å². The number of fused-ring (bicyclic) bond motifs is 31. The SMILES string of the molecule is COc1ccc(C[C@@H]2NC(=O)[C@H](CCCC(=O)O)NC(=O)[C@@H]3C[C@H](N)CN3C(=O)[C@H](CC3=CCc4ccc(F)cc43)NC(=O)[C@H](Cc3c[nH]c4ccc(F)cc34)NC(=O)[C@@H](C)NC(=O)[C@H](C)NC(=O)CCSCc3ccc(cc3)CSCCCC(=O)[C@]3(C)CCCN3C2=O)cc1. The third-order valence-electron chi connectivity index (χ3n) is 18.2. The third-order valence-corrected chi connectivity index (χ3v) is 20.4. The fourth-order valence-electron chi connectivity index (χ4n) is 12.8. The molecule has 9 atom stereocenters. The highest BCUT2D eigenvalue weighted by molar-refractivity contribution is 7.98. The number of ether oxygens (including phenoxy) is 1. The van der Waals surface area contributed by atoms with Gasteiger partial charge in [0.15, 0.2) is 5.78 Å². The van der Waals surface area contributed by atoms with E-state index in [0.717, 1.165) is 16.7 Å². The van der Waals surface area contributed by atoms with E-state index in [-0.39, 0.29) is 70.2 Å². The van der Waals surface area contributed by atoms with Crippen molar-refractivity contribution in [2.24, 2.45) is 5.73 Å². The smallest absolute Gasteiger partial charge is 0.303 e. The molecule has 2 fully saturated rings. The zero-order valence-corrected chi connectivity index (χ0v) is 55.9. The highest BCUT2D eigenvalue weighted by Crippen LogP contribution is 2.35. The van der Waals surface area contributed by atoms with Crippen LogP contribution in [-0.4, -0.2) is 164 Å². The molecule has 10 N–H and O–H groups in total. The first-order valence-corrected chi connectivity index (χ1v) is 34.8. The van der Waals surface area contributed by atoms with E-state index in [9.17, 15) is 38.3 Å². The average molecular weight is 1360 g/mol. The fraction of sp³-hybridized carbons (Fsp3) is 0.457. The number of carboxylic acids is 1. The van der Waals surface area contributed by atoms with Gasteiger partial charge in [-0.2, -0.15) is 23.5 Å². The summed E-state index contributed by atoms with van der Waals surface area (Å²) in [6, 6.07) is 12.6. The van der Waals surface area contributed by atoms with Crippen LogP contribution in [0.5, 0.6) is 5.75 Å². The van der Waals surface area contributed by atoms with Crippen LogP contribution in [0, 0.1) is 11.6 Å². The lowest BCUT2D eigenvalue weighted by Gasteiger charge is -2.37. The second kappa shape index (κ2) is 32.9. The first-order valence-electron chi connectivity index (χ1n) is 32.5. The molecule has 5 aromatic rings. The molecule has 26 heteroatoms. The van der Waals surface area contributed by atoms with Crippen LogP contribution in [0.3, 0.4) is 0 Å². The lowest BCUT2D eigenvalue weighted by atomic mass is 9.89. The molecule has 4 aromatic carbocycles. The Balaban J connectivity index is 1.03. The number of rotatable bonds is 11. The van der Waals surface area contributed by atoms with E-state index in [1.165, 1.54) is 67.3 Å². The molecule has 5 aliphatic rings. The molecular weight excluding hydrogens is 1270 g/mol. The minimum atomic E-state index is -1.56. The van der Waals surface area contributed by atoms with Gasteiger partial charge in [0.25, 0.3) is 0 Å². The van der Waals surface area contributed by atoms with Gasteiger partial charge in [0.05, 0.1) is 12.6 Å². The Kier molecular flexibility index (Phi) is 24.5. The molecule has 1 aliphatic carbocycles. The average Bonchev–Trinajstić information content (AvgIpc) is 1.61. The van der Waals surface area contributed by atoms with Gasteiger partial charge in [-0.1, -0.05) is 48.5 Å². The summed E-state index contributed by atoms with van der Waals surface area (Å²) in [5.74, 6) is -5.45. The molecule has 8 amide bonds. The predicted molar refractivity (Wildman–Crippen MR) is 361 cm³/mol. The second-order valence-electron chi connectivity index (χ2n) is 25.3. The van der Waals surface area contributed by atoms with Crippen LogP contribution in [0.2, 0.25) is 0 Å². The number of benzene rings is 4. The molecule has 0 radical (unpaired) electrons. The van der Waals surface area contributed by atoms with Crippen LogP contribution in [0.15, 0.2) is 97.2 Å². The molecule has 2 saturated heterocycles. The standard InChI is InChI=1S/C70H84F2N10O12S2/c1-40-63(87)76-41(2)64(88)78-56(32-47-36-74-54-24-21-49(72)34-53(47)54)66(90)80-58(31-46-18-17-45-19-20-48(71)33-52(45)46)68(92)81-37-50(73)35-59(81)67(91)77-55(8-5-10-62(85)86)65(89)79-57(30-42-15-22-51(94-4)23-16-42)69(93)82-27-7-26-70(82,3)60(83)9-6-28-95-38-43-11-13-44(14-12-43)39-96-29-25-61(84)75-40/h11-16,18-24,33-34,36,40-41,50,55-59,74H,5-10,17,25-32,35,37-39,73H2,1-4H3,(H,75,84)(H,76,87)(H,77,91)(H,78,88)(H,79,89)(H,80,90)(H,85,86)/t40-,41+,50-,55-,56-,57-,58-,59-,70-/m0/s1. The van der Waals surface area contributed by atoms with Gasteiger partial charge in [-0.05, 0) is 153 Å². The van der Waals surface area contributed by atoms with Gasteiger partial charge >= 0.3 is 5.97 Å². The monoisotopic (exact) mass is 1360 g/mol. The van der Waals surface area contributed by atoms with E-state index in [0.29, 0.717) is 87.6 Å². The predicted octanol–water partition coefficient (Wildman–Crippen LogP) is 5.70. The Labute approximate surface area is 564 Å². The molecule has 96 heavy (non-hydrogen) atoms. The summed E-state index contributed by atoms with van der Waals surface area (Å²) in [5.41, 5.74) is 10.7. The topological polar surface area (TPSA) is 321 Å². The first kappa shape index (κ1) is 71.7. The van der Waals surface area contributed by atoms with Crippen molar-refractivity contribution >= 4 is 99.0 Å². The number of aliphatic carboxylic acids is 1. The van der Waals surface area contributed by atoms with Gasteiger partial charge in [-0.25, -0.2) is 8.78 Å². The Hall–Kier alpha value is -8.62. The number of carbonyl (C=O) groups excluding carboxylic acids is 9. The minimum Gasteiger partial charge on any atom is -0.497 e. The number of carbonyl (C=O) groups is 10. The van der Waals surface area contributed by atoms with Crippen LogP contribution in [-0.2, 0) is 78.7 Å². The molecule has 512 valence electrons. The summed E-state index contributed by atoms with van der Waals surface area (Å²) in [4.78, 5) is 149. The number of aromatic nitrogens is 1. The van der Waals surface area contributed by atoms with Gasteiger partial charge in [0.1, 0.15) is 59.7 Å². The number of carboxylic acid groups (broad SMARTS) is 1. The van der Waals surface area contributed by atoms with Crippen molar-refractivity contribution in [1.29, 1.82) is 0 Å². The van der Waals surface area contributed by atoms with Crippen molar-refractivity contribution in [2.75, 3.05) is 31.7 Å². The van der Waals surface area contributed by atoms with E-state index in [2.05, 4.69) is 36.9 Å². The van der Waals surface area contributed by atoms with Gasteiger partial charge < -0.3 is 62.3 Å². The largest absolute Gasteiger partial charge is 0.497 e. The van der Waals surface area contributed by atoms with Gasteiger partial charge in [-0.15, -0.1) is 0 Å². The zero-order chi connectivity index (χ0) is 68.8. The van der Waals surface area contributed by atoms with E-state index in [1.54, 1.807) is 66.9 Å². The Morgan fingerprint density at radius 3 is 2.04 bits per heavy atom. The summed E-state index contributed by atoms with van der Waals surface area (Å²) in [6.07, 6.45) is 3.88. The van der Waals surface area contributed by atoms with E-state index in [4.69, 9.17) is 10.5 Å². The number of aromatic amines is 1. The first-order chi connectivity index (χ1) is 46.0. The molecule has 0 spiro atoms. The fourth-order valence-corrected chi connectivity index (χ4v) is 14.6. The number of amides is 8. The minimum absolute atomic E-state index is 0.0551.